The molecule has 4 atom stereocenters. The van der Waals surface area contributed by atoms with Gasteiger partial charge >= 0.3 is 0 Å². The lowest BCUT2D eigenvalue weighted by Crippen LogP contribution is -2.33. The molecular weight excluding hydrogens is 238 g/mol. The molecule has 4 nitrogen and oxygen atoms in total. The SMILES string of the molecule is CCCn1cc(C(NCC)C2CC3CCC2O3)cn1. The van der Waals surface area contributed by atoms with Crippen LogP contribution in [0.4, 0.5) is 0 Å². The fourth-order valence-corrected chi connectivity index (χ4v) is 3.66. The molecule has 4 unspecified atom stereocenters. The monoisotopic (exact) mass is 263 g/mol. The van der Waals surface area contributed by atoms with E-state index in [1.807, 2.05) is 6.20 Å². The Kier molecular flexibility index (Phi) is 3.89. The smallest absolute Gasteiger partial charge is 0.0627 e. The highest BCUT2D eigenvalue weighted by molar-refractivity contribution is 5.14. The highest BCUT2D eigenvalue weighted by Gasteiger charge is 2.44. The predicted octanol–water partition coefficient (Wildman–Crippen LogP) is 2.51. The quantitative estimate of drug-likeness (QED) is 0.857. The molecule has 0 amide bonds. The maximum absolute atomic E-state index is 6.02. The Hall–Kier alpha value is -0.870. The van der Waals surface area contributed by atoms with Crippen molar-refractivity contribution < 1.29 is 4.74 Å². The van der Waals surface area contributed by atoms with E-state index in [1.54, 1.807) is 0 Å². The van der Waals surface area contributed by atoms with E-state index in [0.717, 1.165) is 19.5 Å². The molecule has 2 bridgehead atoms. The normalized spacial score (nSPS) is 30.9. The van der Waals surface area contributed by atoms with Gasteiger partial charge in [-0.2, -0.15) is 5.10 Å². The van der Waals surface area contributed by atoms with Crippen LogP contribution in [0.25, 0.3) is 0 Å². The lowest BCUT2D eigenvalue weighted by molar-refractivity contribution is 0.0858. The molecule has 2 saturated heterocycles. The van der Waals surface area contributed by atoms with Gasteiger partial charge in [-0.3, -0.25) is 4.68 Å². The predicted molar refractivity (Wildman–Crippen MR) is 74.9 cm³/mol. The highest BCUT2D eigenvalue weighted by atomic mass is 16.5. The van der Waals surface area contributed by atoms with Crippen molar-refractivity contribution in [3.05, 3.63) is 18.0 Å². The summed E-state index contributed by atoms with van der Waals surface area (Å²) in [5.74, 6) is 0.623. The zero-order valence-corrected chi connectivity index (χ0v) is 12.0. The second-order valence-electron chi connectivity index (χ2n) is 5.85. The molecule has 1 aromatic heterocycles. The van der Waals surface area contributed by atoms with Gasteiger partial charge in [0.05, 0.1) is 18.4 Å². The van der Waals surface area contributed by atoms with E-state index in [9.17, 15) is 0 Å². The standard InChI is InChI=1S/C15H25N3O/c1-3-7-18-10-11(9-17-18)15(16-4-2)13-8-12-5-6-14(13)19-12/h9-10,12-16H,3-8H2,1-2H3. The molecule has 1 N–H and O–H groups in total. The third-order valence-corrected chi connectivity index (χ3v) is 4.47. The van der Waals surface area contributed by atoms with Gasteiger partial charge in [0.1, 0.15) is 0 Å². The Morgan fingerprint density at radius 3 is 3.00 bits per heavy atom. The van der Waals surface area contributed by atoms with Gasteiger partial charge in [0.25, 0.3) is 0 Å². The van der Waals surface area contributed by atoms with Crippen LogP contribution >= 0.6 is 0 Å². The molecule has 0 aromatic carbocycles. The fraction of sp³-hybridized carbons (Fsp3) is 0.800. The number of hydrogen-bond donors (Lipinski definition) is 1. The van der Waals surface area contributed by atoms with E-state index in [0.29, 0.717) is 24.2 Å². The van der Waals surface area contributed by atoms with E-state index in [4.69, 9.17) is 4.74 Å². The van der Waals surface area contributed by atoms with Gasteiger partial charge < -0.3 is 10.1 Å². The maximum atomic E-state index is 6.02. The minimum Gasteiger partial charge on any atom is -0.375 e. The summed E-state index contributed by atoms with van der Waals surface area (Å²) in [6, 6.07) is 0.408. The second kappa shape index (κ2) is 5.63. The van der Waals surface area contributed by atoms with Crippen LogP contribution in [0.15, 0.2) is 12.4 Å². The molecule has 4 heteroatoms. The largest absolute Gasteiger partial charge is 0.375 e. The molecule has 0 saturated carbocycles. The third-order valence-electron chi connectivity index (χ3n) is 4.47. The number of fused-ring (bicyclic) bond motifs is 2. The van der Waals surface area contributed by atoms with Crippen molar-refractivity contribution in [2.24, 2.45) is 5.92 Å². The summed E-state index contributed by atoms with van der Waals surface area (Å²) < 4.78 is 8.08. The first-order valence-corrected chi connectivity index (χ1v) is 7.73. The van der Waals surface area contributed by atoms with Gasteiger partial charge in [0, 0.05) is 30.3 Å². The maximum Gasteiger partial charge on any atom is 0.0627 e. The van der Waals surface area contributed by atoms with Crippen LogP contribution in [-0.2, 0) is 11.3 Å². The topological polar surface area (TPSA) is 39.1 Å². The molecular formula is C15H25N3O. The van der Waals surface area contributed by atoms with Crippen LogP contribution in [0.1, 0.15) is 51.1 Å². The number of rotatable bonds is 6. The number of nitrogens with one attached hydrogen (secondary N) is 1. The van der Waals surface area contributed by atoms with Crippen molar-refractivity contribution in [2.45, 2.75) is 64.3 Å². The summed E-state index contributed by atoms with van der Waals surface area (Å²) in [5, 5.41) is 8.13. The Bertz CT molecular complexity index is 417. The molecule has 3 heterocycles. The Morgan fingerprint density at radius 2 is 2.37 bits per heavy atom. The van der Waals surface area contributed by atoms with Crippen molar-refractivity contribution in [1.29, 1.82) is 0 Å². The van der Waals surface area contributed by atoms with Gasteiger partial charge in [-0.1, -0.05) is 13.8 Å². The van der Waals surface area contributed by atoms with E-state index in [-0.39, 0.29) is 0 Å². The van der Waals surface area contributed by atoms with Crippen LogP contribution in [0.5, 0.6) is 0 Å². The molecule has 19 heavy (non-hydrogen) atoms. The lowest BCUT2D eigenvalue weighted by atomic mass is 9.81. The summed E-state index contributed by atoms with van der Waals surface area (Å²) >= 11 is 0. The van der Waals surface area contributed by atoms with Crippen LogP contribution in [0.2, 0.25) is 0 Å². The van der Waals surface area contributed by atoms with E-state index in [2.05, 4.69) is 35.1 Å². The molecule has 2 aliphatic heterocycles. The van der Waals surface area contributed by atoms with Gasteiger partial charge in [-0.25, -0.2) is 0 Å². The number of nitrogens with zero attached hydrogens (tertiary/aromatic N) is 2. The van der Waals surface area contributed by atoms with E-state index < -0.39 is 0 Å². The van der Waals surface area contributed by atoms with E-state index in [1.165, 1.54) is 24.8 Å². The first-order chi connectivity index (χ1) is 9.31. The number of hydrogen-bond acceptors (Lipinski definition) is 3. The molecule has 3 rings (SSSR count). The zero-order valence-electron chi connectivity index (χ0n) is 12.0. The van der Waals surface area contributed by atoms with E-state index >= 15 is 0 Å². The first kappa shape index (κ1) is 13.1. The molecule has 0 aliphatic carbocycles. The van der Waals surface area contributed by atoms with Crippen molar-refractivity contribution in [2.75, 3.05) is 6.54 Å². The number of ether oxygens (including phenoxy) is 1. The van der Waals surface area contributed by atoms with Crippen LogP contribution in [0, 0.1) is 5.92 Å². The lowest BCUT2D eigenvalue weighted by Gasteiger charge is -2.28. The Morgan fingerprint density at radius 1 is 1.47 bits per heavy atom. The minimum absolute atomic E-state index is 0.408. The summed E-state index contributed by atoms with van der Waals surface area (Å²) in [4.78, 5) is 0. The van der Waals surface area contributed by atoms with Gasteiger partial charge in [-0.05, 0) is 32.2 Å². The van der Waals surface area contributed by atoms with Gasteiger partial charge in [0.2, 0.25) is 0 Å². The average Bonchev–Trinajstić information content (AvgIpc) is 3.12. The summed E-state index contributed by atoms with van der Waals surface area (Å²) in [7, 11) is 0. The Balaban J connectivity index is 1.76. The molecule has 2 aliphatic rings. The van der Waals surface area contributed by atoms with Crippen molar-refractivity contribution in [1.82, 2.24) is 15.1 Å². The number of aryl methyl sites for hydroxylation is 1. The molecule has 106 valence electrons. The highest BCUT2D eigenvalue weighted by Crippen LogP contribution is 2.44. The van der Waals surface area contributed by atoms with Gasteiger partial charge in [-0.15, -0.1) is 0 Å². The Labute approximate surface area is 115 Å². The number of aromatic nitrogens is 2. The van der Waals surface area contributed by atoms with Crippen LogP contribution < -0.4 is 5.32 Å². The summed E-state index contributed by atoms with van der Waals surface area (Å²) in [5.41, 5.74) is 1.33. The fourth-order valence-electron chi connectivity index (χ4n) is 3.66. The summed E-state index contributed by atoms with van der Waals surface area (Å²) in [6.07, 6.45) is 10.1. The molecule has 1 aromatic rings. The van der Waals surface area contributed by atoms with Gasteiger partial charge in [0.15, 0.2) is 0 Å². The van der Waals surface area contributed by atoms with Crippen LogP contribution in [0.3, 0.4) is 0 Å². The third kappa shape index (κ3) is 2.56. The minimum atomic E-state index is 0.408. The summed E-state index contributed by atoms with van der Waals surface area (Å²) in [6.45, 7) is 6.37. The molecule has 0 spiro atoms. The zero-order chi connectivity index (χ0) is 13.2. The first-order valence-electron chi connectivity index (χ1n) is 7.73. The molecule has 2 fully saturated rings. The second-order valence-corrected chi connectivity index (χ2v) is 5.85. The van der Waals surface area contributed by atoms with Crippen LogP contribution in [-0.4, -0.2) is 28.5 Å². The van der Waals surface area contributed by atoms with Crippen molar-refractivity contribution >= 4 is 0 Å². The molecule has 0 radical (unpaired) electrons. The average molecular weight is 263 g/mol. The van der Waals surface area contributed by atoms with Crippen molar-refractivity contribution in [3.63, 3.8) is 0 Å². The van der Waals surface area contributed by atoms with Crippen molar-refractivity contribution in [3.8, 4) is 0 Å².